The normalized spacial score (nSPS) is 14.9. The van der Waals surface area contributed by atoms with Gasteiger partial charge in [-0.3, -0.25) is 9.59 Å². The van der Waals surface area contributed by atoms with Crippen LogP contribution in [0.15, 0.2) is 53.6 Å². The van der Waals surface area contributed by atoms with E-state index in [0.29, 0.717) is 28.4 Å². The van der Waals surface area contributed by atoms with E-state index in [1.165, 1.54) is 5.01 Å². The molecular weight excluding hydrogens is 364 g/mol. The van der Waals surface area contributed by atoms with E-state index in [2.05, 4.69) is 16.5 Å². The van der Waals surface area contributed by atoms with Crippen LogP contribution in [0, 0.1) is 11.3 Å². The number of benzene rings is 2. The van der Waals surface area contributed by atoms with E-state index in [1.54, 1.807) is 55.5 Å². The molecule has 2 aromatic rings. The first kappa shape index (κ1) is 18.6. The van der Waals surface area contributed by atoms with Gasteiger partial charge in [0.25, 0.3) is 0 Å². The van der Waals surface area contributed by atoms with Crippen LogP contribution in [0.2, 0.25) is 5.02 Å². The number of nitrogens with one attached hydrogen (secondary N) is 1. The summed E-state index contributed by atoms with van der Waals surface area (Å²) in [5.41, 5.74) is 2.69. The Balaban J connectivity index is 1.78. The Labute approximate surface area is 162 Å². The number of hydrogen-bond donors (Lipinski definition) is 1. The fourth-order valence-electron chi connectivity index (χ4n) is 2.71. The first-order valence-corrected chi connectivity index (χ1v) is 8.82. The van der Waals surface area contributed by atoms with E-state index in [1.807, 2.05) is 0 Å². The van der Waals surface area contributed by atoms with Crippen LogP contribution >= 0.6 is 11.6 Å². The maximum atomic E-state index is 12.5. The summed E-state index contributed by atoms with van der Waals surface area (Å²) in [6.07, 6.45) is 0.768. The van der Waals surface area contributed by atoms with Crippen LogP contribution < -0.4 is 5.32 Å². The van der Waals surface area contributed by atoms with Gasteiger partial charge in [0, 0.05) is 23.6 Å². The lowest BCUT2D eigenvalue weighted by atomic mass is 10.0. The Kier molecular flexibility index (Phi) is 5.53. The first-order valence-electron chi connectivity index (χ1n) is 8.44. The minimum Gasteiger partial charge on any atom is -0.324 e. The van der Waals surface area contributed by atoms with Gasteiger partial charge >= 0.3 is 0 Å². The third kappa shape index (κ3) is 4.33. The second-order valence-corrected chi connectivity index (χ2v) is 6.58. The second-order valence-electron chi connectivity index (χ2n) is 6.15. The predicted octanol–water partition coefficient (Wildman–Crippen LogP) is 3.57. The lowest BCUT2D eigenvalue weighted by Crippen LogP contribution is -2.44. The Bertz CT molecular complexity index is 930. The van der Waals surface area contributed by atoms with Gasteiger partial charge in [-0.1, -0.05) is 23.7 Å². The van der Waals surface area contributed by atoms with Gasteiger partial charge in [-0.15, -0.1) is 0 Å². The van der Waals surface area contributed by atoms with Crippen molar-refractivity contribution in [1.29, 1.82) is 5.26 Å². The predicted molar refractivity (Wildman–Crippen MR) is 103 cm³/mol. The molecule has 0 bridgehead atoms. The molecular formula is C20H17ClN4O2. The molecule has 1 atom stereocenters. The van der Waals surface area contributed by atoms with Gasteiger partial charge in [0.15, 0.2) is 0 Å². The molecule has 1 heterocycles. The van der Waals surface area contributed by atoms with Gasteiger partial charge in [0.1, 0.15) is 6.04 Å². The minimum absolute atomic E-state index is 0.203. The SMILES string of the molecule is CC(C(=O)Nc1ccc(Cl)cc1)N1N=C(c2ccc(C#N)cc2)CCC1=O. The van der Waals surface area contributed by atoms with Crippen LogP contribution in [-0.2, 0) is 9.59 Å². The molecule has 2 aromatic carbocycles. The van der Waals surface area contributed by atoms with Crippen molar-refractivity contribution < 1.29 is 9.59 Å². The summed E-state index contributed by atoms with van der Waals surface area (Å²) in [7, 11) is 0. The third-order valence-corrected chi connectivity index (χ3v) is 4.52. The van der Waals surface area contributed by atoms with Crippen molar-refractivity contribution in [1.82, 2.24) is 5.01 Å². The second kappa shape index (κ2) is 8.02. The molecule has 6 nitrogen and oxygen atoms in total. The Morgan fingerprint density at radius 3 is 2.48 bits per heavy atom. The molecule has 3 rings (SSSR count). The van der Waals surface area contributed by atoms with E-state index in [0.717, 1.165) is 5.56 Å². The van der Waals surface area contributed by atoms with Crippen molar-refractivity contribution in [2.45, 2.75) is 25.8 Å². The number of amides is 2. The lowest BCUT2D eigenvalue weighted by Gasteiger charge is -2.28. The number of anilines is 1. The molecule has 2 amide bonds. The Morgan fingerprint density at radius 1 is 1.19 bits per heavy atom. The van der Waals surface area contributed by atoms with Gasteiger partial charge < -0.3 is 5.32 Å². The number of nitrogens with zero attached hydrogens (tertiary/aromatic N) is 3. The van der Waals surface area contributed by atoms with Gasteiger partial charge in [0.05, 0.1) is 17.3 Å². The lowest BCUT2D eigenvalue weighted by molar-refractivity contribution is -0.138. The first-order chi connectivity index (χ1) is 13.0. The van der Waals surface area contributed by atoms with Crippen molar-refractivity contribution in [2.24, 2.45) is 5.10 Å². The van der Waals surface area contributed by atoms with Crippen LogP contribution in [-0.4, -0.2) is 28.6 Å². The topological polar surface area (TPSA) is 85.6 Å². The summed E-state index contributed by atoms with van der Waals surface area (Å²) in [6, 6.07) is 15.0. The smallest absolute Gasteiger partial charge is 0.249 e. The highest BCUT2D eigenvalue weighted by Gasteiger charge is 2.29. The highest BCUT2D eigenvalue weighted by Crippen LogP contribution is 2.19. The molecule has 0 spiro atoms. The average molecular weight is 381 g/mol. The number of nitriles is 1. The van der Waals surface area contributed by atoms with Crippen LogP contribution in [0.25, 0.3) is 0 Å². The van der Waals surface area contributed by atoms with E-state index in [9.17, 15) is 9.59 Å². The van der Waals surface area contributed by atoms with Crippen LogP contribution in [0.1, 0.15) is 30.9 Å². The number of carbonyl (C=O) groups is 2. The molecule has 27 heavy (non-hydrogen) atoms. The van der Waals surface area contributed by atoms with Crippen LogP contribution in [0.3, 0.4) is 0 Å². The molecule has 0 saturated heterocycles. The largest absolute Gasteiger partial charge is 0.324 e. The number of rotatable bonds is 4. The summed E-state index contributed by atoms with van der Waals surface area (Å²) in [4.78, 5) is 24.8. The number of carbonyl (C=O) groups excluding carboxylic acids is 2. The number of halogens is 1. The van der Waals surface area contributed by atoms with Gasteiger partial charge in [-0.2, -0.15) is 10.4 Å². The minimum atomic E-state index is -0.762. The molecule has 1 unspecified atom stereocenters. The summed E-state index contributed by atoms with van der Waals surface area (Å²) in [5.74, 6) is -0.540. The molecule has 0 saturated carbocycles. The van der Waals surface area contributed by atoms with Crippen molar-refractivity contribution in [3.05, 3.63) is 64.7 Å². The standard InChI is InChI=1S/C20H17ClN4O2/c1-13(20(27)23-17-8-6-16(21)7-9-17)25-19(26)11-10-18(24-25)15-4-2-14(12-22)3-5-15/h2-9,13H,10-11H2,1H3,(H,23,27). The van der Waals surface area contributed by atoms with Crippen LogP contribution in [0.5, 0.6) is 0 Å². The quantitative estimate of drug-likeness (QED) is 0.879. The number of hydrogen-bond acceptors (Lipinski definition) is 4. The summed E-state index contributed by atoms with van der Waals surface area (Å²) in [5, 5.41) is 17.9. The van der Waals surface area contributed by atoms with Crippen molar-refractivity contribution in [3.63, 3.8) is 0 Å². The summed E-state index contributed by atoms with van der Waals surface area (Å²) in [6.45, 7) is 1.63. The van der Waals surface area contributed by atoms with Crippen molar-refractivity contribution >= 4 is 34.8 Å². The summed E-state index contributed by atoms with van der Waals surface area (Å²) < 4.78 is 0. The van der Waals surface area contributed by atoms with E-state index >= 15 is 0 Å². The van der Waals surface area contributed by atoms with Crippen molar-refractivity contribution in [3.8, 4) is 6.07 Å². The number of hydrazone groups is 1. The third-order valence-electron chi connectivity index (χ3n) is 4.26. The zero-order chi connectivity index (χ0) is 19.4. The molecule has 7 heteroatoms. The molecule has 0 aromatic heterocycles. The Hall–Kier alpha value is -3.17. The highest BCUT2D eigenvalue weighted by molar-refractivity contribution is 6.30. The average Bonchev–Trinajstić information content (AvgIpc) is 2.69. The van der Waals surface area contributed by atoms with Gasteiger partial charge in [-0.25, -0.2) is 5.01 Å². The van der Waals surface area contributed by atoms with Gasteiger partial charge in [-0.05, 0) is 48.9 Å². The zero-order valence-electron chi connectivity index (χ0n) is 14.6. The molecule has 0 radical (unpaired) electrons. The van der Waals surface area contributed by atoms with Gasteiger partial charge in [0.2, 0.25) is 11.8 Å². The fourth-order valence-corrected chi connectivity index (χ4v) is 2.83. The molecule has 0 fully saturated rings. The van der Waals surface area contributed by atoms with E-state index in [4.69, 9.17) is 16.9 Å². The molecule has 1 aliphatic heterocycles. The zero-order valence-corrected chi connectivity index (χ0v) is 15.4. The fraction of sp³-hybridized carbons (Fsp3) is 0.200. The maximum absolute atomic E-state index is 12.5. The van der Waals surface area contributed by atoms with E-state index < -0.39 is 6.04 Å². The molecule has 1 aliphatic rings. The monoisotopic (exact) mass is 380 g/mol. The van der Waals surface area contributed by atoms with Crippen molar-refractivity contribution in [2.75, 3.05) is 5.32 Å². The maximum Gasteiger partial charge on any atom is 0.249 e. The van der Waals surface area contributed by atoms with E-state index in [-0.39, 0.29) is 18.2 Å². The molecule has 1 N–H and O–H groups in total. The molecule has 0 aliphatic carbocycles. The highest BCUT2D eigenvalue weighted by atomic mass is 35.5. The van der Waals surface area contributed by atoms with Crippen LogP contribution in [0.4, 0.5) is 5.69 Å². The Morgan fingerprint density at radius 2 is 1.85 bits per heavy atom. The summed E-state index contributed by atoms with van der Waals surface area (Å²) >= 11 is 5.84. The molecule has 136 valence electrons.